The summed E-state index contributed by atoms with van der Waals surface area (Å²) in [5, 5.41) is 21.3. The maximum Gasteiger partial charge on any atom is 0.301 e. The maximum atomic E-state index is 13.7. The van der Waals surface area contributed by atoms with Crippen LogP contribution in [0, 0.1) is 6.92 Å². The van der Waals surface area contributed by atoms with E-state index in [2.05, 4.69) is 22.1 Å². The van der Waals surface area contributed by atoms with Crippen molar-refractivity contribution in [3.8, 4) is 5.75 Å². The molecule has 6 rings (SSSR count). The minimum Gasteiger partial charge on any atom is -0.505 e. The van der Waals surface area contributed by atoms with Gasteiger partial charge in [-0.2, -0.15) is 0 Å². The molecule has 0 saturated carbocycles. The highest BCUT2D eigenvalue weighted by molar-refractivity contribution is 8.00. The summed E-state index contributed by atoms with van der Waals surface area (Å²) in [6.45, 7) is 4.49. The van der Waals surface area contributed by atoms with Crippen molar-refractivity contribution in [2.75, 3.05) is 11.5 Å². The molecule has 1 aliphatic heterocycles. The van der Waals surface area contributed by atoms with Crippen molar-refractivity contribution in [1.29, 1.82) is 0 Å². The zero-order valence-corrected chi connectivity index (χ0v) is 27.0. The second kappa shape index (κ2) is 13.4. The Balaban J connectivity index is 1.38. The van der Waals surface area contributed by atoms with Gasteiger partial charge in [0.05, 0.1) is 23.9 Å². The van der Waals surface area contributed by atoms with Gasteiger partial charge in [0.25, 0.3) is 5.78 Å². The van der Waals surface area contributed by atoms with Gasteiger partial charge in [0.2, 0.25) is 5.13 Å². The fourth-order valence-electron chi connectivity index (χ4n) is 5.24. The minimum absolute atomic E-state index is 0.0454. The Bertz CT molecular complexity index is 1890. The van der Waals surface area contributed by atoms with E-state index >= 15 is 0 Å². The molecule has 230 valence electrons. The summed E-state index contributed by atoms with van der Waals surface area (Å²) < 4.78 is 8.24. The Kier molecular flexibility index (Phi) is 9.20. The topological polar surface area (TPSA) is 110 Å². The number of aromatic nitrogens is 4. The van der Waals surface area contributed by atoms with Crippen molar-refractivity contribution in [3.05, 3.63) is 106 Å². The molecule has 45 heavy (non-hydrogen) atoms. The predicted molar refractivity (Wildman–Crippen MR) is 177 cm³/mol. The standard InChI is InChI=1S/C33H30ClN5O4S2/c1-3-4-7-18-43-24-15-11-22(12-16-24)28-26(29(40)27-20(2)35-25-8-5-6-17-38(25)27)30(41)31(42)39(28)32-36-37-33(45-32)44-19-21-9-13-23(34)14-10-21/h5-6,8-17,28,40H,3-4,7,18-19H2,1-2H3/b29-26+. The second-order valence-electron chi connectivity index (χ2n) is 10.5. The maximum absolute atomic E-state index is 13.7. The van der Waals surface area contributed by atoms with Crippen molar-refractivity contribution in [3.63, 3.8) is 0 Å². The number of carbonyl (C=O) groups excluding carboxylic acids is 2. The average molecular weight is 660 g/mol. The molecule has 0 bridgehead atoms. The van der Waals surface area contributed by atoms with Crippen molar-refractivity contribution < 1.29 is 19.4 Å². The lowest BCUT2D eigenvalue weighted by Gasteiger charge is -2.22. The fraction of sp³-hybridized carbons (Fsp3) is 0.242. The van der Waals surface area contributed by atoms with Crippen LogP contribution >= 0.6 is 34.7 Å². The molecule has 5 aromatic rings. The molecule has 3 aromatic heterocycles. The molecule has 1 N–H and O–H groups in total. The van der Waals surface area contributed by atoms with Crippen LogP contribution in [0.25, 0.3) is 11.4 Å². The normalized spacial score (nSPS) is 16.2. The molecule has 1 amide bonds. The Hall–Kier alpha value is -4.19. The first-order chi connectivity index (χ1) is 21.9. The first-order valence-corrected chi connectivity index (χ1v) is 16.7. The van der Waals surface area contributed by atoms with Gasteiger partial charge in [0.15, 0.2) is 10.1 Å². The molecule has 4 heterocycles. The largest absolute Gasteiger partial charge is 0.505 e. The van der Waals surface area contributed by atoms with Crippen LogP contribution in [0.1, 0.15) is 54.7 Å². The zero-order valence-electron chi connectivity index (χ0n) is 24.6. The van der Waals surface area contributed by atoms with E-state index in [-0.39, 0.29) is 16.5 Å². The number of carbonyl (C=O) groups is 2. The molecule has 0 radical (unpaired) electrons. The van der Waals surface area contributed by atoms with Crippen LogP contribution < -0.4 is 9.64 Å². The van der Waals surface area contributed by atoms with E-state index < -0.39 is 17.7 Å². The van der Waals surface area contributed by atoms with E-state index in [1.165, 1.54) is 28.0 Å². The van der Waals surface area contributed by atoms with E-state index in [0.29, 0.717) is 50.1 Å². The highest BCUT2D eigenvalue weighted by Crippen LogP contribution is 2.44. The van der Waals surface area contributed by atoms with Crippen LogP contribution in [0.3, 0.4) is 0 Å². The molecule has 1 unspecified atom stereocenters. The quantitative estimate of drug-likeness (QED) is 0.0385. The van der Waals surface area contributed by atoms with Crippen molar-refractivity contribution >= 4 is 62.9 Å². The van der Waals surface area contributed by atoms with Gasteiger partial charge in [0, 0.05) is 17.0 Å². The van der Waals surface area contributed by atoms with Gasteiger partial charge in [-0.1, -0.05) is 84.8 Å². The van der Waals surface area contributed by atoms with Gasteiger partial charge in [-0.15, -0.1) is 10.2 Å². The minimum atomic E-state index is -0.949. The summed E-state index contributed by atoms with van der Waals surface area (Å²) in [5.74, 6) is -0.604. The number of aliphatic hydroxyl groups excluding tert-OH is 1. The van der Waals surface area contributed by atoms with E-state index in [0.717, 1.165) is 24.8 Å². The Morgan fingerprint density at radius 1 is 1.04 bits per heavy atom. The molecule has 1 aliphatic rings. The van der Waals surface area contributed by atoms with Gasteiger partial charge in [0.1, 0.15) is 17.1 Å². The first-order valence-electron chi connectivity index (χ1n) is 14.5. The number of aryl methyl sites for hydroxylation is 1. The molecule has 1 saturated heterocycles. The zero-order chi connectivity index (χ0) is 31.5. The molecule has 1 fully saturated rings. The number of ether oxygens (including phenoxy) is 1. The number of rotatable bonds is 11. The number of ketones is 1. The molecule has 9 nitrogen and oxygen atoms in total. The van der Waals surface area contributed by atoms with Crippen LogP contribution in [0.5, 0.6) is 5.75 Å². The lowest BCUT2D eigenvalue weighted by atomic mass is 9.96. The number of fused-ring (bicyclic) bond motifs is 1. The predicted octanol–water partition coefficient (Wildman–Crippen LogP) is 7.64. The number of imidazole rings is 1. The van der Waals surface area contributed by atoms with Gasteiger partial charge in [-0.3, -0.25) is 18.9 Å². The van der Waals surface area contributed by atoms with Gasteiger partial charge < -0.3 is 9.84 Å². The first kappa shape index (κ1) is 30.8. The van der Waals surface area contributed by atoms with Crippen LogP contribution in [0.4, 0.5) is 5.13 Å². The van der Waals surface area contributed by atoms with E-state index in [4.69, 9.17) is 16.3 Å². The van der Waals surface area contributed by atoms with Gasteiger partial charge >= 0.3 is 5.91 Å². The smallest absolute Gasteiger partial charge is 0.301 e. The summed E-state index contributed by atoms with van der Waals surface area (Å²) >= 11 is 8.70. The highest BCUT2D eigenvalue weighted by atomic mass is 35.5. The third-order valence-electron chi connectivity index (χ3n) is 7.46. The van der Waals surface area contributed by atoms with Crippen LogP contribution in [-0.4, -0.2) is 43.0 Å². The summed E-state index contributed by atoms with van der Waals surface area (Å²) in [5.41, 5.74) is 3.11. The molecule has 1 atom stereocenters. The molecular weight excluding hydrogens is 630 g/mol. The summed E-state index contributed by atoms with van der Waals surface area (Å²) in [6, 6.07) is 19.3. The third-order valence-corrected chi connectivity index (χ3v) is 9.84. The van der Waals surface area contributed by atoms with Crippen LogP contribution in [-0.2, 0) is 15.3 Å². The van der Waals surface area contributed by atoms with E-state index in [1.54, 1.807) is 17.5 Å². The lowest BCUT2D eigenvalue weighted by Crippen LogP contribution is -2.29. The number of anilines is 1. The SMILES string of the molecule is CCCCCOc1ccc(C2/C(=C(\O)c3c(C)nc4ccccn34)C(=O)C(=O)N2c2nnc(SCc3ccc(Cl)cc3)s2)cc1. The van der Waals surface area contributed by atoms with Gasteiger partial charge in [-0.25, -0.2) is 4.98 Å². The fourth-order valence-corrected chi connectivity index (χ4v) is 7.19. The summed E-state index contributed by atoms with van der Waals surface area (Å²) in [4.78, 5) is 33.3. The van der Waals surface area contributed by atoms with Crippen molar-refractivity contribution in [2.45, 2.75) is 49.2 Å². The number of amides is 1. The van der Waals surface area contributed by atoms with Crippen molar-refractivity contribution in [1.82, 2.24) is 19.6 Å². The number of halogens is 1. The number of benzene rings is 2. The lowest BCUT2D eigenvalue weighted by molar-refractivity contribution is -0.132. The number of thioether (sulfide) groups is 1. The summed E-state index contributed by atoms with van der Waals surface area (Å²) in [7, 11) is 0. The van der Waals surface area contributed by atoms with Crippen LogP contribution in [0.2, 0.25) is 5.02 Å². The second-order valence-corrected chi connectivity index (χ2v) is 13.1. The van der Waals surface area contributed by atoms with Gasteiger partial charge in [-0.05, 0) is 60.9 Å². The molecule has 2 aromatic carbocycles. The average Bonchev–Trinajstić information content (AvgIpc) is 3.72. The molecule has 0 aliphatic carbocycles. The monoisotopic (exact) mass is 659 g/mol. The highest BCUT2D eigenvalue weighted by Gasteiger charge is 2.49. The summed E-state index contributed by atoms with van der Waals surface area (Å²) in [6.07, 6.45) is 4.89. The number of hydrogen-bond donors (Lipinski definition) is 1. The molecule has 0 spiro atoms. The van der Waals surface area contributed by atoms with Crippen molar-refractivity contribution in [2.24, 2.45) is 0 Å². The molecule has 12 heteroatoms. The molecular formula is C33H30ClN5O4S2. The van der Waals surface area contributed by atoms with E-state index in [9.17, 15) is 14.7 Å². The number of aliphatic hydroxyl groups is 1. The number of nitrogens with zero attached hydrogens (tertiary/aromatic N) is 5. The Morgan fingerprint density at radius 3 is 2.58 bits per heavy atom. The Morgan fingerprint density at radius 2 is 1.82 bits per heavy atom. The third kappa shape index (κ3) is 6.33. The van der Waals surface area contributed by atoms with Crippen LogP contribution in [0.15, 0.2) is 82.8 Å². The number of hydrogen-bond acceptors (Lipinski definition) is 9. The number of pyridine rings is 1. The van der Waals surface area contributed by atoms with E-state index in [1.807, 2.05) is 66.7 Å². The Labute approximate surface area is 273 Å². The number of Topliss-reactive ketones (excluding diaryl/α,β-unsaturated/α-hetero) is 1. The number of unbranched alkanes of at least 4 members (excludes halogenated alkanes) is 2.